The first-order valence-electron chi connectivity index (χ1n) is 7.38. The summed E-state index contributed by atoms with van der Waals surface area (Å²) < 4.78 is 6.60. The fraction of sp³-hybridized carbons (Fsp3) is 0.312. The van der Waals surface area contributed by atoms with Crippen LogP contribution in [0.25, 0.3) is 5.69 Å². The second-order valence-electron chi connectivity index (χ2n) is 5.41. The van der Waals surface area contributed by atoms with E-state index in [1.54, 1.807) is 22.8 Å². The minimum atomic E-state index is -0.424. The van der Waals surface area contributed by atoms with Crippen LogP contribution in [0.15, 0.2) is 42.7 Å². The summed E-state index contributed by atoms with van der Waals surface area (Å²) >= 11 is 0. The van der Waals surface area contributed by atoms with Crippen LogP contribution in [0.5, 0.6) is 0 Å². The van der Waals surface area contributed by atoms with Gasteiger partial charge in [-0.1, -0.05) is 12.1 Å². The molecule has 0 bridgehead atoms. The molecule has 0 saturated carbocycles. The van der Waals surface area contributed by atoms with Crippen molar-refractivity contribution in [1.82, 2.24) is 19.6 Å². The Labute approximate surface area is 134 Å². The highest BCUT2D eigenvalue weighted by Gasteiger charge is 2.25. The van der Waals surface area contributed by atoms with Crippen LogP contribution in [0.4, 0.5) is 4.79 Å². The van der Waals surface area contributed by atoms with Gasteiger partial charge < -0.3 is 9.64 Å². The van der Waals surface area contributed by atoms with Crippen molar-refractivity contribution in [3.8, 4) is 5.69 Å². The Balaban J connectivity index is 1.63. The largest absolute Gasteiger partial charge is 0.448 e. The van der Waals surface area contributed by atoms with Gasteiger partial charge in [0.05, 0.1) is 12.2 Å². The molecule has 0 radical (unpaired) electrons. The molecule has 3 rings (SSSR count). The number of ether oxygens (including phenoxy) is 1. The van der Waals surface area contributed by atoms with Crippen molar-refractivity contribution >= 4 is 12.0 Å². The van der Waals surface area contributed by atoms with Gasteiger partial charge in [0.2, 0.25) is 5.91 Å². The van der Waals surface area contributed by atoms with Crippen LogP contribution in [0.2, 0.25) is 0 Å². The fourth-order valence-corrected chi connectivity index (χ4v) is 2.43. The molecular weight excluding hydrogens is 296 g/mol. The van der Waals surface area contributed by atoms with Gasteiger partial charge in [-0.05, 0) is 23.8 Å². The van der Waals surface area contributed by atoms with Gasteiger partial charge in [0, 0.05) is 26.0 Å². The third-order valence-electron chi connectivity index (χ3n) is 3.70. The minimum absolute atomic E-state index is 0.0498. The van der Waals surface area contributed by atoms with E-state index in [1.807, 2.05) is 36.5 Å². The number of carbonyl (C=O) groups excluding carboxylic acids is 2. The molecule has 2 heterocycles. The summed E-state index contributed by atoms with van der Waals surface area (Å²) in [7, 11) is 1.73. The fourth-order valence-electron chi connectivity index (χ4n) is 2.43. The lowest BCUT2D eigenvalue weighted by molar-refractivity contribution is -0.130. The maximum Gasteiger partial charge on any atom is 0.410 e. The van der Waals surface area contributed by atoms with Gasteiger partial charge >= 0.3 is 6.09 Å². The SMILES string of the molecule is CN(Cc1cccc(-n2cccn2)c1)C(=O)CN1CCOC1=O. The second kappa shape index (κ2) is 6.51. The number of cyclic esters (lactones) is 1. The first kappa shape index (κ1) is 15.1. The first-order valence-corrected chi connectivity index (χ1v) is 7.38. The average Bonchev–Trinajstić information content (AvgIpc) is 3.20. The molecule has 7 heteroatoms. The topological polar surface area (TPSA) is 67.7 Å². The van der Waals surface area contributed by atoms with Gasteiger partial charge in [0.25, 0.3) is 0 Å². The lowest BCUT2D eigenvalue weighted by atomic mass is 10.2. The summed E-state index contributed by atoms with van der Waals surface area (Å²) in [5, 5.41) is 4.20. The molecule has 1 aromatic heterocycles. The van der Waals surface area contributed by atoms with E-state index in [4.69, 9.17) is 4.74 Å². The summed E-state index contributed by atoms with van der Waals surface area (Å²) in [6.45, 7) is 1.33. The number of amides is 2. The van der Waals surface area contributed by atoms with E-state index < -0.39 is 6.09 Å². The van der Waals surface area contributed by atoms with Crippen LogP contribution < -0.4 is 0 Å². The number of benzene rings is 1. The third-order valence-corrected chi connectivity index (χ3v) is 3.70. The quantitative estimate of drug-likeness (QED) is 0.834. The van der Waals surface area contributed by atoms with Crippen molar-refractivity contribution in [2.45, 2.75) is 6.54 Å². The number of hydrogen-bond acceptors (Lipinski definition) is 4. The Bertz CT molecular complexity index is 699. The van der Waals surface area contributed by atoms with E-state index in [0.717, 1.165) is 11.3 Å². The van der Waals surface area contributed by atoms with Crippen molar-refractivity contribution in [3.05, 3.63) is 48.3 Å². The molecule has 0 atom stereocenters. The second-order valence-corrected chi connectivity index (χ2v) is 5.41. The van der Waals surface area contributed by atoms with Crippen LogP contribution in [0.1, 0.15) is 5.56 Å². The van der Waals surface area contributed by atoms with Crippen molar-refractivity contribution in [2.24, 2.45) is 0 Å². The summed E-state index contributed by atoms with van der Waals surface area (Å²) in [6.07, 6.45) is 3.16. The average molecular weight is 314 g/mol. The predicted molar refractivity (Wildman–Crippen MR) is 83.0 cm³/mol. The van der Waals surface area contributed by atoms with Gasteiger partial charge in [-0.3, -0.25) is 9.69 Å². The van der Waals surface area contributed by atoms with E-state index >= 15 is 0 Å². The lowest BCUT2D eigenvalue weighted by Gasteiger charge is -2.20. The molecule has 2 amide bonds. The van der Waals surface area contributed by atoms with Gasteiger partial charge in [-0.2, -0.15) is 5.10 Å². The third kappa shape index (κ3) is 3.50. The number of aromatic nitrogens is 2. The Kier molecular flexibility index (Phi) is 4.27. The zero-order chi connectivity index (χ0) is 16.2. The van der Waals surface area contributed by atoms with Crippen LogP contribution in [-0.2, 0) is 16.1 Å². The number of carbonyl (C=O) groups is 2. The number of hydrogen-bond donors (Lipinski definition) is 0. The molecule has 1 aliphatic rings. The Morgan fingerprint density at radius 2 is 2.26 bits per heavy atom. The number of nitrogens with zero attached hydrogens (tertiary/aromatic N) is 4. The van der Waals surface area contributed by atoms with Crippen molar-refractivity contribution < 1.29 is 14.3 Å². The van der Waals surface area contributed by atoms with Gasteiger partial charge in [-0.25, -0.2) is 9.48 Å². The number of rotatable bonds is 5. The van der Waals surface area contributed by atoms with Crippen molar-refractivity contribution in [3.63, 3.8) is 0 Å². The smallest absolute Gasteiger partial charge is 0.410 e. The molecule has 23 heavy (non-hydrogen) atoms. The lowest BCUT2D eigenvalue weighted by Crippen LogP contribution is -2.38. The van der Waals surface area contributed by atoms with Gasteiger partial charge in [-0.15, -0.1) is 0 Å². The van der Waals surface area contributed by atoms with Crippen LogP contribution >= 0.6 is 0 Å². The Morgan fingerprint density at radius 1 is 1.39 bits per heavy atom. The van der Waals surface area contributed by atoms with E-state index in [1.165, 1.54) is 4.90 Å². The van der Waals surface area contributed by atoms with E-state index in [2.05, 4.69) is 5.10 Å². The Hall–Kier alpha value is -2.83. The van der Waals surface area contributed by atoms with Crippen LogP contribution in [0, 0.1) is 0 Å². The standard InChI is InChI=1S/C16H18N4O3/c1-18(15(21)12-19-8-9-23-16(19)22)11-13-4-2-5-14(10-13)20-7-3-6-17-20/h2-7,10H,8-9,11-12H2,1H3. The van der Waals surface area contributed by atoms with E-state index in [9.17, 15) is 9.59 Å². The molecule has 1 aromatic carbocycles. The molecule has 0 aliphatic carbocycles. The van der Waals surface area contributed by atoms with Crippen molar-refractivity contribution in [2.75, 3.05) is 26.7 Å². The normalized spacial score (nSPS) is 14.0. The predicted octanol–water partition coefficient (Wildman–Crippen LogP) is 1.28. The maximum absolute atomic E-state index is 12.2. The highest BCUT2D eigenvalue weighted by molar-refractivity contribution is 5.82. The molecule has 120 valence electrons. The van der Waals surface area contributed by atoms with Gasteiger partial charge in [0.1, 0.15) is 13.2 Å². The molecule has 0 N–H and O–H groups in total. The van der Waals surface area contributed by atoms with Crippen LogP contribution in [0.3, 0.4) is 0 Å². The molecular formula is C16H18N4O3. The molecule has 1 fully saturated rings. The highest BCUT2D eigenvalue weighted by Crippen LogP contribution is 2.12. The summed E-state index contributed by atoms with van der Waals surface area (Å²) in [4.78, 5) is 26.6. The zero-order valence-corrected chi connectivity index (χ0v) is 12.9. The highest BCUT2D eigenvalue weighted by atomic mass is 16.6. The summed E-state index contributed by atoms with van der Waals surface area (Å²) in [6, 6.07) is 9.69. The monoisotopic (exact) mass is 314 g/mol. The molecule has 1 aliphatic heterocycles. The van der Waals surface area contributed by atoms with Crippen LogP contribution in [-0.4, -0.2) is 58.3 Å². The van der Waals surface area contributed by atoms with E-state index in [-0.39, 0.29) is 12.5 Å². The molecule has 7 nitrogen and oxygen atoms in total. The summed E-state index contributed by atoms with van der Waals surface area (Å²) in [5.41, 5.74) is 1.94. The summed E-state index contributed by atoms with van der Waals surface area (Å²) in [5.74, 6) is -0.117. The van der Waals surface area contributed by atoms with Crippen molar-refractivity contribution in [1.29, 1.82) is 0 Å². The minimum Gasteiger partial charge on any atom is -0.448 e. The number of likely N-dealkylation sites (N-methyl/N-ethyl adjacent to an activating group) is 1. The first-order chi connectivity index (χ1) is 11.1. The van der Waals surface area contributed by atoms with Gasteiger partial charge in [0.15, 0.2) is 0 Å². The maximum atomic E-state index is 12.2. The molecule has 0 unspecified atom stereocenters. The molecule has 2 aromatic rings. The Morgan fingerprint density at radius 3 is 2.96 bits per heavy atom. The zero-order valence-electron chi connectivity index (χ0n) is 12.9. The van der Waals surface area contributed by atoms with E-state index in [0.29, 0.717) is 19.7 Å². The molecule has 0 spiro atoms. The molecule has 1 saturated heterocycles.